The van der Waals surface area contributed by atoms with Gasteiger partial charge in [-0.25, -0.2) is 8.78 Å². The van der Waals surface area contributed by atoms with Crippen molar-refractivity contribution in [3.63, 3.8) is 0 Å². The number of carbonyl (C=O) groups excluding carboxylic acids is 3. The van der Waals surface area contributed by atoms with Crippen molar-refractivity contribution >= 4 is 34.9 Å². The molecule has 28 heavy (non-hydrogen) atoms. The lowest BCUT2D eigenvalue weighted by Gasteiger charge is -2.13. The summed E-state index contributed by atoms with van der Waals surface area (Å²) in [5, 5.41) is 2.12. The molecule has 5 nitrogen and oxygen atoms in total. The van der Waals surface area contributed by atoms with Crippen molar-refractivity contribution in [3.05, 3.63) is 76.2 Å². The van der Waals surface area contributed by atoms with E-state index in [1.165, 1.54) is 42.5 Å². The predicted molar refractivity (Wildman–Crippen MR) is 102 cm³/mol. The molecule has 0 radical (unpaired) electrons. The van der Waals surface area contributed by atoms with Gasteiger partial charge in [0.1, 0.15) is 11.6 Å². The number of hydrogen-bond donors (Lipinski definition) is 1. The Morgan fingerprint density at radius 1 is 1.11 bits per heavy atom. The van der Waals surface area contributed by atoms with Crippen molar-refractivity contribution in [2.24, 2.45) is 0 Å². The average Bonchev–Trinajstić information content (AvgIpc) is 2.91. The molecule has 1 aliphatic heterocycles. The lowest BCUT2D eigenvalue weighted by molar-refractivity contribution is -0.124. The van der Waals surface area contributed by atoms with Crippen LogP contribution in [-0.4, -0.2) is 35.0 Å². The summed E-state index contributed by atoms with van der Waals surface area (Å²) in [6, 6.07) is 11.6. The van der Waals surface area contributed by atoms with Gasteiger partial charge in [0.2, 0.25) is 5.91 Å². The van der Waals surface area contributed by atoms with Crippen molar-refractivity contribution < 1.29 is 23.2 Å². The Bertz CT molecular complexity index is 962. The first kappa shape index (κ1) is 19.8. The van der Waals surface area contributed by atoms with Crippen LogP contribution in [0, 0.1) is 11.6 Å². The Labute approximate surface area is 164 Å². The highest BCUT2D eigenvalue weighted by molar-refractivity contribution is 8.18. The van der Waals surface area contributed by atoms with Crippen molar-refractivity contribution in [3.8, 4) is 0 Å². The van der Waals surface area contributed by atoms with Gasteiger partial charge in [-0.15, -0.1) is 0 Å². The van der Waals surface area contributed by atoms with Crippen molar-refractivity contribution in [2.75, 3.05) is 13.1 Å². The number of carbonyl (C=O) groups is 3. The number of halogens is 2. The van der Waals surface area contributed by atoms with Gasteiger partial charge in [-0.3, -0.25) is 19.3 Å². The highest BCUT2D eigenvalue weighted by atomic mass is 32.2. The molecular weight excluding hydrogens is 386 g/mol. The molecule has 1 N–H and O–H groups in total. The van der Waals surface area contributed by atoms with Gasteiger partial charge in [-0.05, 0) is 41.6 Å². The van der Waals surface area contributed by atoms with E-state index in [4.69, 9.17) is 0 Å². The fourth-order valence-corrected chi connectivity index (χ4v) is 3.48. The standard InChI is InChI=1S/C20H16F2N2O3S/c21-15-6-3-4-13(10-15)11-18(25)23-8-9-24-19(26)17(28-20(24)27)12-14-5-1-2-7-16(14)22/h1-7,10,12H,8-9,11H2,(H,23,25)/b17-12-. The van der Waals surface area contributed by atoms with Crippen LogP contribution in [0.2, 0.25) is 0 Å². The minimum absolute atomic E-state index is 0.00578. The highest BCUT2D eigenvalue weighted by Crippen LogP contribution is 2.32. The van der Waals surface area contributed by atoms with Gasteiger partial charge in [0, 0.05) is 18.7 Å². The molecule has 2 aromatic rings. The van der Waals surface area contributed by atoms with E-state index in [0.717, 1.165) is 16.7 Å². The predicted octanol–water partition coefficient (Wildman–Crippen LogP) is 3.36. The number of amides is 3. The van der Waals surface area contributed by atoms with Crippen molar-refractivity contribution in [2.45, 2.75) is 6.42 Å². The van der Waals surface area contributed by atoms with Gasteiger partial charge in [-0.2, -0.15) is 0 Å². The number of thioether (sulfide) groups is 1. The van der Waals surface area contributed by atoms with Crippen LogP contribution in [0.5, 0.6) is 0 Å². The quantitative estimate of drug-likeness (QED) is 0.753. The van der Waals surface area contributed by atoms with Crippen LogP contribution in [0.4, 0.5) is 13.6 Å². The highest BCUT2D eigenvalue weighted by Gasteiger charge is 2.34. The van der Waals surface area contributed by atoms with Gasteiger partial charge in [0.25, 0.3) is 11.1 Å². The molecule has 1 aliphatic rings. The third kappa shape index (κ3) is 4.83. The van der Waals surface area contributed by atoms with Crippen LogP contribution in [-0.2, 0) is 16.0 Å². The third-order valence-corrected chi connectivity index (χ3v) is 4.88. The fourth-order valence-electron chi connectivity index (χ4n) is 2.63. The van der Waals surface area contributed by atoms with E-state index in [1.807, 2.05) is 0 Å². The van der Waals surface area contributed by atoms with E-state index in [9.17, 15) is 23.2 Å². The van der Waals surface area contributed by atoms with Crippen LogP contribution in [0.3, 0.4) is 0 Å². The van der Waals surface area contributed by atoms with Crippen LogP contribution in [0.25, 0.3) is 6.08 Å². The Morgan fingerprint density at radius 3 is 2.64 bits per heavy atom. The summed E-state index contributed by atoms with van der Waals surface area (Å²) >= 11 is 0.726. The number of nitrogens with zero attached hydrogens (tertiary/aromatic N) is 1. The average molecular weight is 402 g/mol. The number of imide groups is 1. The van der Waals surface area contributed by atoms with Crippen LogP contribution >= 0.6 is 11.8 Å². The summed E-state index contributed by atoms with van der Waals surface area (Å²) in [6.07, 6.45) is 1.33. The molecule has 1 fully saturated rings. The second-order valence-corrected chi connectivity index (χ2v) is 7.00. The Kier molecular flexibility index (Phi) is 6.20. The molecule has 0 atom stereocenters. The maximum absolute atomic E-state index is 13.7. The molecule has 1 heterocycles. The monoisotopic (exact) mass is 402 g/mol. The van der Waals surface area contributed by atoms with E-state index in [0.29, 0.717) is 5.56 Å². The van der Waals surface area contributed by atoms with Crippen LogP contribution in [0.1, 0.15) is 11.1 Å². The van der Waals surface area contributed by atoms with E-state index < -0.39 is 22.8 Å². The summed E-state index contributed by atoms with van der Waals surface area (Å²) in [5.41, 5.74) is 0.743. The number of nitrogens with one attached hydrogen (secondary N) is 1. The van der Waals surface area contributed by atoms with E-state index in [2.05, 4.69) is 5.32 Å². The molecule has 0 aromatic heterocycles. The SMILES string of the molecule is O=C(Cc1cccc(F)c1)NCCN1C(=O)S/C(=C\c2ccccc2F)C1=O. The summed E-state index contributed by atoms with van der Waals surface area (Å²) in [7, 11) is 0. The number of hydrogen-bond acceptors (Lipinski definition) is 4. The summed E-state index contributed by atoms with van der Waals surface area (Å²) < 4.78 is 26.9. The lowest BCUT2D eigenvalue weighted by atomic mass is 10.1. The zero-order chi connectivity index (χ0) is 20.1. The summed E-state index contributed by atoms with van der Waals surface area (Å²) in [5.74, 6) is -1.79. The molecule has 0 saturated carbocycles. The third-order valence-electron chi connectivity index (χ3n) is 3.98. The topological polar surface area (TPSA) is 66.5 Å². The molecule has 0 unspecified atom stereocenters. The molecule has 1 saturated heterocycles. The zero-order valence-electron chi connectivity index (χ0n) is 14.7. The normalized spacial score (nSPS) is 15.4. The second-order valence-electron chi connectivity index (χ2n) is 6.01. The molecule has 144 valence electrons. The Hall–Kier alpha value is -3.00. The van der Waals surface area contributed by atoms with E-state index in [1.54, 1.807) is 12.1 Å². The second kappa shape index (κ2) is 8.79. The van der Waals surface area contributed by atoms with Gasteiger partial charge in [0.15, 0.2) is 0 Å². The van der Waals surface area contributed by atoms with Gasteiger partial charge < -0.3 is 5.32 Å². The first-order valence-corrected chi connectivity index (χ1v) is 9.27. The minimum atomic E-state index is -0.530. The molecule has 8 heteroatoms. The van der Waals surface area contributed by atoms with Gasteiger partial charge in [-0.1, -0.05) is 30.3 Å². The maximum atomic E-state index is 13.7. The fraction of sp³-hybridized carbons (Fsp3) is 0.150. The number of benzene rings is 2. The largest absolute Gasteiger partial charge is 0.354 e. The molecule has 2 aromatic carbocycles. The van der Waals surface area contributed by atoms with Gasteiger partial charge >= 0.3 is 0 Å². The molecular formula is C20H16F2N2O3S. The lowest BCUT2D eigenvalue weighted by Crippen LogP contribution is -2.37. The van der Waals surface area contributed by atoms with E-state index >= 15 is 0 Å². The Balaban J connectivity index is 1.55. The van der Waals surface area contributed by atoms with E-state index in [-0.39, 0.29) is 35.9 Å². The maximum Gasteiger partial charge on any atom is 0.293 e. The summed E-state index contributed by atoms with van der Waals surface area (Å²) in [4.78, 5) is 37.5. The molecule has 3 amide bonds. The van der Waals surface area contributed by atoms with Crippen LogP contribution in [0.15, 0.2) is 53.4 Å². The van der Waals surface area contributed by atoms with Crippen molar-refractivity contribution in [1.82, 2.24) is 10.2 Å². The molecule has 0 bridgehead atoms. The van der Waals surface area contributed by atoms with Crippen molar-refractivity contribution in [1.29, 1.82) is 0 Å². The van der Waals surface area contributed by atoms with Gasteiger partial charge in [0.05, 0.1) is 11.3 Å². The van der Waals surface area contributed by atoms with Crippen LogP contribution < -0.4 is 5.32 Å². The minimum Gasteiger partial charge on any atom is -0.354 e. The number of rotatable bonds is 6. The first-order valence-electron chi connectivity index (χ1n) is 8.45. The summed E-state index contributed by atoms with van der Waals surface area (Å²) in [6.45, 7) is 0.0628. The Morgan fingerprint density at radius 2 is 1.89 bits per heavy atom. The molecule has 0 aliphatic carbocycles. The molecule has 0 spiro atoms. The molecule has 3 rings (SSSR count). The first-order chi connectivity index (χ1) is 13.4. The zero-order valence-corrected chi connectivity index (χ0v) is 15.5. The smallest absolute Gasteiger partial charge is 0.293 e.